The summed E-state index contributed by atoms with van der Waals surface area (Å²) in [6.45, 7) is 3.56. The number of hydrogen-bond acceptors (Lipinski definition) is 6. The van der Waals surface area contributed by atoms with Crippen molar-refractivity contribution in [2.24, 2.45) is 4.99 Å². The van der Waals surface area contributed by atoms with E-state index in [1.807, 2.05) is 19.1 Å². The van der Waals surface area contributed by atoms with Crippen LogP contribution in [0.2, 0.25) is 5.02 Å². The lowest BCUT2D eigenvalue weighted by atomic mass is 9.96. The van der Waals surface area contributed by atoms with Gasteiger partial charge in [-0.3, -0.25) is 9.36 Å². The molecule has 0 radical (unpaired) electrons. The molecule has 2 aromatic heterocycles. The lowest BCUT2D eigenvalue weighted by molar-refractivity contribution is -0.136. The molecule has 0 saturated heterocycles. The van der Waals surface area contributed by atoms with Crippen LogP contribution in [0, 0.1) is 6.92 Å². The van der Waals surface area contributed by atoms with Gasteiger partial charge >= 0.3 is 5.97 Å². The molecule has 1 aliphatic heterocycles. The van der Waals surface area contributed by atoms with Gasteiger partial charge in [-0.1, -0.05) is 41.1 Å². The van der Waals surface area contributed by atoms with Crippen molar-refractivity contribution in [1.29, 1.82) is 0 Å². The van der Waals surface area contributed by atoms with Gasteiger partial charge in [0.1, 0.15) is 17.6 Å². The summed E-state index contributed by atoms with van der Waals surface area (Å²) in [4.78, 5) is 30.9. The van der Waals surface area contributed by atoms with E-state index in [1.54, 1.807) is 37.3 Å². The van der Waals surface area contributed by atoms with Crippen LogP contribution in [0.4, 0.5) is 0 Å². The number of rotatable bonds is 3. The number of benzene rings is 1. The number of halogens is 1. The first-order valence-electron chi connectivity index (χ1n) is 8.82. The highest BCUT2D eigenvalue weighted by Gasteiger charge is 2.34. The molecule has 4 rings (SSSR count). The SMILES string of the molecule is COC(=O)C1=C(C)N=c2s/c(=C\c3ccc(C)o3)c(=O)n2[C@H]1c1ccccc1Cl. The summed E-state index contributed by atoms with van der Waals surface area (Å²) in [5.74, 6) is 0.778. The summed E-state index contributed by atoms with van der Waals surface area (Å²) in [5.41, 5.74) is 1.13. The molecule has 0 bridgehead atoms. The van der Waals surface area contributed by atoms with Gasteiger partial charge in [-0.25, -0.2) is 9.79 Å². The predicted octanol–water partition coefficient (Wildman–Crippen LogP) is 2.96. The van der Waals surface area contributed by atoms with E-state index >= 15 is 0 Å². The second-order valence-corrected chi connectivity index (χ2v) is 7.96. The smallest absolute Gasteiger partial charge is 0.338 e. The van der Waals surface area contributed by atoms with Crippen molar-refractivity contribution in [3.8, 4) is 0 Å². The fourth-order valence-electron chi connectivity index (χ4n) is 3.34. The van der Waals surface area contributed by atoms with Crippen molar-refractivity contribution in [2.45, 2.75) is 19.9 Å². The molecule has 29 heavy (non-hydrogen) atoms. The summed E-state index contributed by atoms with van der Waals surface area (Å²) >= 11 is 7.67. The number of ether oxygens (including phenoxy) is 1. The molecule has 3 aromatic rings. The Labute approximate surface area is 175 Å². The van der Waals surface area contributed by atoms with E-state index in [9.17, 15) is 9.59 Å². The van der Waals surface area contributed by atoms with Gasteiger partial charge in [-0.05, 0) is 37.6 Å². The highest BCUT2D eigenvalue weighted by Crippen LogP contribution is 2.34. The number of aromatic nitrogens is 1. The zero-order valence-corrected chi connectivity index (χ0v) is 17.5. The standard InChI is InChI=1S/C21H17ClN2O4S/c1-11-8-9-13(28-11)10-16-19(25)24-18(14-6-4-5-7-15(14)22)17(20(26)27-3)12(2)23-21(24)29-16/h4-10,18H,1-3H3/b16-10-/t18-/m0/s1. The fraction of sp³-hybridized carbons (Fsp3) is 0.190. The van der Waals surface area contributed by atoms with Crippen LogP contribution in [0.1, 0.15) is 30.0 Å². The Morgan fingerprint density at radius 3 is 2.69 bits per heavy atom. The number of methoxy groups -OCH3 is 1. The lowest BCUT2D eigenvalue weighted by Crippen LogP contribution is -2.39. The van der Waals surface area contributed by atoms with Crippen molar-refractivity contribution in [3.05, 3.63) is 89.5 Å². The molecule has 0 spiro atoms. The predicted molar refractivity (Wildman–Crippen MR) is 111 cm³/mol. The minimum atomic E-state index is -0.729. The maximum absolute atomic E-state index is 13.3. The van der Waals surface area contributed by atoms with Crippen molar-refractivity contribution < 1.29 is 13.9 Å². The number of esters is 1. The third-order valence-electron chi connectivity index (χ3n) is 4.66. The average molecular weight is 429 g/mol. The summed E-state index contributed by atoms with van der Waals surface area (Å²) in [6, 6.07) is 10.0. The number of fused-ring (bicyclic) bond motifs is 1. The first-order chi connectivity index (χ1) is 13.9. The Hall–Kier alpha value is -2.90. The molecule has 8 heteroatoms. The van der Waals surface area contributed by atoms with Crippen molar-refractivity contribution in [3.63, 3.8) is 0 Å². The molecule has 148 valence electrons. The number of carbonyl (C=O) groups excluding carboxylic acids is 1. The third-order valence-corrected chi connectivity index (χ3v) is 5.99. The summed E-state index contributed by atoms with van der Waals surface area (Å²) in [6.07, 6.45) is 1.68. The van der Waals surface area contributed by atoms with Crippen LogP contribution in [-0.2, 0) is 9.53 Å². The second-order valence-electron chi connectivity index (χ2n) is 6.54. The molecular formula is C21H17ClN2O4S. The summed E-state index contributed by atoms with van der Waals surface area (Å²) < 4.78 is 12.5. The van der Waals surface area contributed by atoms with Gasteiger partial charge in [0.2, 0.25) is 0 Å². The molecule has 1 aliphatic rings. The maximum atomic E-state index is 13.3. The number of aryl methyl sites for hydroxylation is 1. The zero-order chi connectivity index (χ0) is 20.7. The molecule has 1 aromatic carbocycles. The molecule has 6 nitrogen and oxygen atoms in total. The first-order valence-corrected chi connectivity index (χ1v) is 10.0. The lowest BCUT2D eigenvalue weighted by Gasteiger charge is -2.25. The quantitative estimate of drug-likeness (QED) is 0.601. The Bertz CT molecular complexity index is 1330. The highest BCUT2D eigenvalue weighted by molar-refractivity contribution is 7.07. The van der Waals surface area contributed by atoms with Crippen molar-refractivity contribution in [2.75, 3.05) is 7.11 Å². The Morgan fingerprint density at radius 1 is 1.28 bits per heavy atom. The van der Waals surface area contributed by atoms with E-state index in [0.29, 0.717) is 31.4 Å². The third kappa shape index (κ3) is 3.36. The van der Waals surface area contributed by atoms with Gasteiger partial charge in [0.15, 0.2) is 4.80 Å². The average Bonchev–Trinajstić information content (AvgIpc) is 3.24. The van der Waals surface area contributed by atoms with Crippen LogP contribution < -0.4 is 14.9 Å². The van der Waals surface area contributed by atoms with Crippen molar-refractivity contribution in [1.82, 2.24) is 4.57 Å². The van der Waals surface area contributed by atoms with E-state index in [-0.39, 0.29) is 11.1 Å². The highest BCUT2D eigenvalue weighted by atomic mass is 35.5. The van der Waals surface area contributed by atoms with Gasteiger partial charge in [-0.2, -0.15) is 0 Å². The van der Waals surface area contributed by atoms with Gasteiger partial charge < -0.3 is 9.15 Å². The monoisotopic (exact) mass is 428 g/mol. The van der Waals surface area contributed by atoms with Gasteiger partial charge in [0.05, 0.1) is 22.9 Å². The van der Waals surface area contributed by atoms with Crippen LogP contribution in [0.25, 0.3) is 6.08 Å². The summed E-state index contributed by atoms with van der Waals surface area (Å²) in [7, 11) is 1.30. The summed E-state index contributed by atoms with van der Waals surface area (Å²) in [5, 5.41) is 0.449. The molecule has 0 unspecified atom stereocenters. The van der Waals surface area contributed by atoms with E-state index in [2.05, 4.69) is 4.99 Å². The van der Waals surface area contributed by atoms with Gasteiger partial charge in [0.25, 0.3) is 5.56 Å². The molecule has 0 amide bonds. The minimum absolute atomic E-state index is 0.276. The topological polar surface area (TPSA) is 73.8 Å². The number of furan rings is 1. The van der Waals surface area contributed by atoms with E-state index in [0.717, 1.165) is 5.76 Å². The Morgan fingerprint density at radius 2 is 2.03 bits per heavy atom. The van der Waals surface area contributed by atoms with E-state index < -0.39 is 12.0 Å². The number of thiazole rings is 1. The Balaban J connectivity index is 2.01. The van der Waals surface area contributed by atoms with Gasteiger partial charge in [-0.15, -0.1) is 0 Å². The molecule has 0 aliphatic carbocycles. The first kappa shape index (κ1) is 19.4. The van der Waals surface area contributed by atoms with Crippen LogP contribution in [0.3, 0.4) is 0 Å². The van der Waals surface area contributed by atoms with Crippen LogP contribution in [-0.4, -0.2) is 17.6 Å². The molecular weight excluding hydrogens is 412 g/mol. The maximum Gasteiger partial charge on any atom is 0.338 e. The molecule has 0 saturated carbocycles. The second kappa shape index (κ2) is 7.50. The van der Waals surface area contributed by atoms with Gasteiger partial charge in [0, 0.05) is 11.1 Å². The van der Waals surface area contributed by atoms with Crippen LogP contribution >= 0.6 is 22.9 Å². The van der Waals surface area contributed by atoms with E-state index in [1.165, 1.54) is 23.0 Å². The molecule has 3 heterocycles. The normalized spacial score (nSPS) is 16.6. The molecule has 0 fully saturated rings. The van der Waals surface area contributed by atoms with E-state index in [4.69, 9.17) is 20.8 Å². The number of hydrogen-bond donors (Lipinski definition) is 0. The zero-order valence-electron chi connectivity index (χ0n) is 15.9. The van der Waals surface area contributed by atoms with Crippen LogP contribution in [0.15, 0.2) is 61.9 Å². The van der Waals surface area contributed by atoms with Crippen LogP contribution in [0.5, 0.6) is 0 Å². The number of nitrogens with zero attached hydrogens (tertiary/aromatic N) is 2. The molecule has 0 N–H and O–H groups in total. The fourth-order valence-corrected chi connectivity index (χ4v) is 4.61. The van der Waals surface area contributed by atoms with Crippen molar-refractivity contribution >= 4 is 35.0 Å². The largest absolute Gasteiger partial charge is 0.466 e. The number of allylic oxidation sites excluding steroid dienone is 1. The Kier molecular flexibility index (Phi) is 5.02. The molecule has 1 atom stereocenters. The minimum Gasteiger partial charge on any atom is -0.466 e. The number of carbonyl (C=O) groups is 1.